The summed E-state index contributed by atoms with van der Waals surface area (Å²) < 4.78 is 5.58. The molecule has 2 aromatic rings. The van der Waals surface area contributed by atoms with E-state index in [1.807, 2.05) is 0 Å². The van der Waals surface area contributed by atoms with Gasteiger partial charge in [-0.2, -0.15) is 0 Å². The number of nitro benzene ring substituents is 1. The number of benzene rings is 2. The summed E-state index contributed by atoms with van der Waals surface area (Å²) in [6, 6.07) is 11.1. The Morgan fingerprint density at radius 2 is 1.79 bits per heavy atom. The minimum atomic E-state index is -0.557. The minimum Gasteiger partial charge on any atom is -0.454 e. The van der Waals surface area contributed by atoms with E-state index in [1.54, 1.807) is 30.3 Å². The first-order valence-electron chi connectivity index (χ1n) is 5.52. The molecule has 2 aromatic carbocycles. The van der Waals surface area contributed by atoms with Crippen molar-refractivity contribution < 1.29 is 14.5 Å². The van der Waals surface area contributed by atoms with Gasteiger partial charge in [-0.05, 0) is 18.2 Å². The third-order valence-electron chi connectivity index (χ3n) is 2.79. The predicted molar refractivity (Wildman–Crippen MR) is 67.6 cm³/mol. The van der Waals surface area contributed by atoms with E-state index in [-0.39, 0.29) is 17.1 Å². The predicted octanol–water partition coefficient (Wildman–Crippen LogP) is 2.95. The lowest BCUT2D eigenvalue weighted by Gasteiger charge is -2.07. The van der Waals surface area contributed by atoms with Crippen LogP contribution in [0.5, 0.6) is 11.5 Å². The van der Waals surface area contributed by atoms with Gasteiger partial charge in [-0.1, -0.05) is 18.2 Å². The molecule has 0 fully saturated rings. The third-order valence-corrected chi connectivity index (χ3v) is 2.79. The molecular weight excluding hydrogens is 248 g/mol. The summed E-state index contributed by atoms with van der Waals surface area (Å²) in [5.74, 6) is 0.204. The zero-order valence-corrected chi connectivity index (χ0v) is 9.62. The van der Waals surface area contributed by atoms with Crippen LogP contribution < -0.4 is 10.1 Å². The number of nitrogens with zero attached hydrogens (tertiary/aromatic N) is 1. The highest BCUT2D eigenvalue weighted by Crippen LogP contribution is 2.40. The summed E-state index contributed by atoms with van der Waals surface area (Å²) in [5, 5.41) is 13.5. The van der Waals surface area contributed by atoms with E-state index in [0.717, 1.165) is 0 Å². The highest BCUT2D eigenvalue weighted by Gasteiger charge is 2.26. The summed E-state index contributed by atoms with van der Waals surface area (Å²) in [6.45, 7) is 0. The number of nitro groups is 1. The number of hydrogen-bond acceptors (Lipinski definition) is 4. The Kier molecular flexibility index (Phi) is 2.42. The molecule has 0 aliphatic carbocycles. The molecule has 0 radical (unpaired) electrons. The fourth-order valence-corrected chi connectivity index (χ4v) is 1.92. The quantitative estimate of drug-likeness (QED) is 0.628. The van der Waals surface area contributed by atoms with Gasteiger partial charge in [0.15, 0.2) is 11.4 Å². The molecule has 0 saturated carbocycles. The molecule has 1 heterocycles. The molecule has 3 rings (SSSR count). The average Bonchev–Trinajstić information content (AvgIpc) is 2.54. The largest absolute Gasteiger partial charge is 0.454 e. The van der Waals surface area contributed by atoms with Crippen LogP contribution >= 0.6 is 0 Å². The topological polar surface area (TPSA) is 81.5 Å². The Labute approximate surface area is 107 Å². The van der Waals surface area contributed by atoms with Gasteiger partial charge in [0.25, 0.3) is 11.6 Å². The number of rotatable bonds is 1. The van der Waals surface area contributed by atoms with Crippen LogP contribution in [0.3, 0.4) is 0 Å². The number of nitrogens with one attached hydrogen (secondary N) is 1. The summed E-state index contributed by atoms with van der Waals surface area (Å²) in [4.78, 5) is 22.4. The van der Waals surface area contributed by atoms with Crippen molar-refractivity contribution in [2.45, 2.75) is 0 Å². The minimum absolute atomic E-state index is 0.0775. The van der Waals surface area contributed by atoms with Crippen molar-refractivity contribution in [2.75, 3.05) is 5.32 Å². The van der Waals surface area contributed by atoms with Crippen LogP contribution in [-0.4, -0.2) is 10.8 Å². The van der Waals surface area contributed by atoms with Crippen LogP contribution in [0, 0.1) is 10.1 Å². The van der Waals surface area contributed by atoms with Crippen molar-refractivity contribution in [1.82, 2.24) is 0 Å². The third kappa shape index (κ3) is 1.79. The first-order valence-corrected chi connectivity index (χ1v) is 5.52. The Hall–Kier alpha value is -2.89. The second kappa shape index (κ2) is 4.09. The highest BCUT2D eigenvalue weighted by molar-refractivity contribution is 6.09. The van der Waals surface area contributed by atoms with E-state index < -0.39 is 10.8 Å². The molecular formula is C13H8N2O4. The standard InChI is InChI=1S/C13H8N2O4/c16-13-8-4-1-2-6-10(8)19-11-7-3-5-9(15(17)18)12(11)14-13/h1-7H,(H,14,16). The van der Waals surface area contributed by atoms with Crippen molar-refractivity contribution in [2.24, 2.45) is 0 Å². The molecule has 0 unspecified atom stereocenters. The fourth-order valence-electron chi connectivity index (χ4n) is 1.92. The monoisotopic (exact) mass is 256 g/mol. The van der Waals surface area contributed by atoms with Gasteiger partial charge in [-0.25, -0.2) is 0 Å². The van der Waals surface area contributed by atoms with Gasteiger partial charge in [0.1, 0.15) is 5.75 Å². The highest BCUT2D eigenvalue weighted by atomic mass is 16.6. The number of hydrogen-bond donors (Lipinski definition) is 1. The van der Waals surface area contributed by atoms with Crippen LogP contribution in [0.1, 0.15) is 10.4 Å². The van der Waals surface area contributed by atoms with Crippen molar-refractivity contribution in [3.8, 4) is 11.5 Å². The lowest BCUT2D eigenvalue weighted by molar-refractivity contribution is -0.384. The lowest BCUT2D eigenvalue weighted by Crippen LogP contribution is -2.11. The maximum atomic E-state index is 12.0. The first kappa shape index (κ1) is 11.2. The smallest absolute Gasteiger partial charge is 0.296 e. The summed E-state index contributed by atoms with van der Waals surface area (Å²) in [6.07, 6.45) is 0. The number of amides is 1. The Balaban J connectivity index is 2.20. The second-order valence-corrected chi connectivity index (χ2v) is 3.96. The van der Waals surface area contributed by atoms with E-state index in [0.29, 0.717) is 11.3 Å². The van der Waals surface area contributed by atoms with Gasteiger partial charge < -0.3 is 10.1 Å². The van der Waals surface area contributed by atoms with Crippen LogP contribution in [0.15, 0.2) is 42.5 Å². The lowest BCUT2D eigenvalue weighted by atomic mass is 10.2. The zero-order valence-electron chi connectivity index (χ0n) is 9.62. The molecule has 1 aliphatic rings. The van der Waals surface area contributed by atoms with Crippen molar-refractivity contribution in [3.05, 3.63) is 58.1 Å². The molecule has 1 aliphatic heterocycles. The van der Waals surface area contributed by atoms with Gasteiger partial charge in [0, 0.05) is 6.07 Å². The van der Waals surface area contributed by atoms with Gasteiger partial charge in [-0.3, -0.25) is 14.9 Å². The molecule has 6 nitrogen and oxygen atoms in total. The van der Waals surface area contributed by atoms with Gasteiger partial charge in [-0.15, -0.1) is 0 Å². The average molecular weight is 256 g/mol. The number of fused-ring (bicyclic) bond motifs is 2. The molecule has 6 heteroatoms. The fraction of sp³-hybridized carbons (Fsp3) is 0. The van der Waals surface area contributed by atoms with E-state index in [4.69, 9.17) is 4.74 Å². The molecule has 94 valence electrons. The van der Waals surface area contributed by atoms with E-state index >= 15 is 0 Å². The summed E-state index contributed by atoms with van der Waals surface area (Å²) in [7, 11) is 0. The number of anilines is 1. The SMILES string of the molecule is O=C1Nc2c(cccc2[N+](=O)[O-])Oc2ccccc21. The van der Waals surface area contributed by atoms with Crippen molar-refractivity contribution >= 4 is 17.3 Å². The molecule has 0 spiro atoms. The van der Waals surface area contributed by atoms with E-state index in [2.05, 4.69) is 5.32 Å². The second-order valence-electron chi connectivity index (χ2n) is 3.96. The Morgan fingerprint density at radius 3 is 2.58 bits per heavy atom. The Morgan fingerprint density at radius 1 is 1.05 bits per heavy atom. The normalized spacial score (nSPS) is 12.5. The van der Waals surface area contributed by atoms with Crippen LogP contribution in [-0.2, 0) is 0 Å². The number of carbonyl (C=O) groups excluding carboxylic acids is 1. The van der Waals surface area contributed by atoms with Gasteiger partial charge in [0.2, 0.25) is 0 Å². The summed E-state index contributed by atoms with van der Waals surface area (Å²) >= 11 is 0. The van der Waals surface area contributed by atoms with Crippen molar-refractivity contribution in [3.63, 3.8) is 0 Å². The van der Waals surface area contributed by atoms with Gasteiger partial charge in [0.05, 0.1) is 10.5 Å². The van der Waals surface area contributed by atoms with Crippen LogP contribution in [0.4, 0.5) is 11.4 Å². The molecule has 0 saturated heterocycles. The van der Waals surface area contributed by atoms with Crippen LogP contribution in [0.25, 0.3) is 0 Å². The molecule has 0 aromatic heterocycles. The maximum Gasteiger partial charge on any atom is 0.296 e. The molecule has 0 atom stereocenters. The molecule has 1 amide bonds. The molecule has 0 bridgehead atoms. The molecule has 1 N–H and O–H groups in total. The van der Waals surface area contributed by atoms with Crippen molar-refractivity contribution in [1.29, 1.82) is 0 Å². The number of ether oxygens (including phenoxy) is 1. The summed E-state index contributed by atoms with van der Waals surface area (Å²) in [5.41, 5.74) is 0.223. The first-order chi connectivity index (χ1) is 9.16. The number of para-hydroxylation sites is 2. The van der Waals surface area contributed by atoms with Gasteiger partial charge >= 0.3 is 0 Å². The number of carbonyl (C=O) groups is 1. The van der Waals surface area contributed by atoms with E-state index in [9.17, 15) is 14.9 Å². The van der Waals surface area contributed by atoms with E-state index in [1.165, 1.54) is 12.1 Å². The zero-order chi connectivity index (χ0) is 13.4. The Bertz CT molecular complexity index is 697. The molecule has 19 heavy (non-hydrogen) atoms. The van der Waals surface area contributed by atoms with Crippen LogP contribution in [0.2, 0.25) is 0 Å². The maximum absolute atomic E-state index is 12.0.